The quantitative estimate of drug-likeness (QED) is 0.870. The van der Waals surface area contributed by atoms with Crippen LogP contribution in [0.15, 0.2) is 16.3 Å². The maximum absolute atomic E-state index is 12.4. The van der Waals surface area contributed by atoms with Gasteiger partial charge in [0.05, 0.1) is 0 Å². The van der Waals surface area contributed by atoms with Gasteiger partial charge >= 0.3 is 5.97 Å². The van der Waals surface area contributed by atoms with Crippen LogP contribution in [-0.4, -0.2) is 49.6 Å². The van der Waals surface area contributed by atoms with Crippen molar-refractivity contribution in [3.8, 4) is 0 Å². The van der Waals surface area contributed by atoms with E-state index in [9.17, 15) is 13.2 Å². The lowest BCUT2D eigenvalue weighted by molar-refractivity contribution is 0.0698. The van der Waals surface area contributed by atoms with Crippen LogP contribution >= 0.6 is 11.3 Å². The van der Waals surface area contributed by atoms with Crippen molar-refractivity contribution >= 4 is 27.3 Å². The van der Waals surface area contributed by atoms with Crippen molar-refractivity contribution in [1.29, 1.82) is 0 Å². The second kappa shape index (κ2) is 5.68. The second-order valence-electron chi connectivity index (χ2n) is 5.59. The first-order chi connectivity index (χ1) is 9.97. The predicted molar refractivity (Wildman–Crippen MR) is 79.2 cm³/mol. The number of piperidine rings is 1. The molecule has 2 N–H and O–H groups in total. The molecular formula is C13H18N2O4S2. The zero-order valence-electron chi connectivity index (χ0n) is 11.5. The van der Waals surface area contributed by atoms with E-state index in [4.69, 9.17) is 5.11 Å². The number of fused-ring (bicyclic) bond motifs is 1. The Morgan fingerprint density at radius 3 is 2.95 bits per heavy atom. The van der Waals surface area contributed by atoms with E-state index in [2.05, 4.69) is 9.62 Å². The number of carboxylic acids is 1. The van der Waals surface area contributed by atoms with Gasteiger partial charge in [-0.1, -0.05) is 0 Å². The molecule has 1 aromatic rings. The summed E-state index contributed by atoms with van der Waals surface area (Å²) in [7, 11) is -3.76. The van der Waals surface area contributed by atoms with Crippen LogP contribution < -0.4 is 4.72 Å². The molecule has 0 amide bonds. The minimum absolute atomic E-state index is 0.101. The van der Waals surface area contributed by atoms with Crippen LogP contribution in [0.25, 0.3) is 0 Å². The van der Waals surface area contributed by atoms with E-state index < -0.39 is 16.0 Å². The van der Waals surface area contributed by atoms with Crippen LogP contribution in [0.1, 0.15) is 35.4 Å². The highest BCUT2D eigenvalue weighted by Crippen LogP contribution is 2.28. The Labute approximate surface area is 127 Å². The largest absolute Gasteiger partial charge is 0.477 e. The molecule has 0 radical (unpaired) electrons. The first kappa shape index (κ1) is 15.0. The molecule has 0 bridgehead atoms. The number of aromatic carboxylic acids is 1. The number of nitrogens with zero attached hydrogens (tertiary/aromatic N) is 1. The number of rotatable bonds is 4. The van der Waals surface area contributed by atoms with E-state index in [0.717, 1.165) is 43.7 Å². The summed E-state index contributed by atoms with van der Waals surface area (Å²) in [5.41, 5.74) is 0. The second-order valence-corrected chi connectivity index (χ2v) is 8.19. The molecule has 2 atom stereocenters. The van der Waals surface area contributed by atoms with E-state index in [1.165, 1.54) is 17.9 Å². The molecule has 0 spiro atoms. The van der Waals surface area contributed by atoms with Crippen molar-refractivity contribution in [2.45, 2.75) is 42.7 Å². The Morgan fingerprint density at radius 2 is 2.19 bits per heavy atom. The zero-order chi connectivity index (χ0) is 15.0. The number of nitrogens with one attached hydrogen (secondary N) is 1. The Hall–Kier alpha value is -0.960. The zero-order valence-corrected chi connectivity index (χ0v) is 13.1. The lowest BCUT2D eigenvalue weighted by Crippen LogP contribution is -2.47. The van der Waals surface area contributed by atoms with Gasteiger partial charge in [-0.3, -0.25) is 0 Å². The fourth-order valence-corrected chi connectivity index (χ4v) is 5.82. The fourth-order valence-electron chi connectivity index (χ4n) is 3.28. The molecule has 2 fully saturated rings. The molecule has 8 heteroatoms. The van der Waals surface area contributed by atoms with E-state index in [-0.39, 0.29) is 15.8 Å². The summed E-state index contributed by atoms with van der Waals surface area (Å²) in [4.78, 5) is 13.3. The smallest absolute Gasteiger partial charge is 0.347 e. The number of carboxylic acid groups (broad SMARTS) is 1. The van der Waals surface area contributed by atoms with E-state index in [1.807, 2.05) is 0 Å². The Bertz CT molecular complexity index is 640. The average Bonchev–Trinajstić information content (AvgIpc) is 3.06. The first-order valence-electron chi connectivity index (χ1n) is 7.04. The molecule has 2 aliphatic heterocycles. The molecule has 0 saturated carbocycles. The normalized spacial score (nSPS) is 26.7. The van der Waals surface area contributed by atoms with Crippen LogP contribution in [-0.2, 0) is 10.0 Å². The van der Waals surface area contributed by atoms with Gasteiger partial charge in [-0.05, 0) is 50.2 Å². The molecule has 2 aliphatic rings. The third-order valence-corrected chi connectivity index (χ3v) is 6.85. The number of thiophene rings is 1. The van der Waals surface area contributed by atoms with Gasteiger partial charge in [-0.25, -0.2) is 17.9 Å². The Morgan fingerprint density at radius 1 is 1.38 bits per heavy atom. The van der Waals surface area contributed by atoms with Gasteiger partial charge in [-0.15, -0.1) is 11.3 Å². The summed E-state index contributed by atoms with van der Waals surface area (Å²) in [5.74, 6) is -1.20. The summed E-state index contributed by atoms with van der Waals surface area (Å²) in [6, 6.07) is 1.73. The Balaban J connectivity index is 1.74. The van der Waals surface area contributed by atoms with Crippen molar-refractivity contribution in [3.05, 3.63) is 16.3 Å². The molecule has 1 aromatic heterocycles. The molecule has 116 valence electrons. The maximum Gasteiger partial charge on any atom is 0.347 e. The van der Waals surface area contributed by atoms with Crippen molar-refractivity contribution in [1.82, 2.24) is 9.62 Å². The minimum Gasteiger partial charge on any atom is -0.477 e. The van der Waals surface area contributed by atoms with Gasteiger partial charge in [-0.2, -0.15) is 0 Å². The van der Waals surface area contributed by atoms with Gasteiger partial charge in [0.25, 0.3) is 0 Å². The SMILES string of the molecule is O=C(O)c1sccc1S(=O)(=O)NC1CCN2CCCC2C1. The average molecular weight is 330 g/mol. The summed E-state index contributed by atoms with van der Waals surface area (Å²) < 4.78 is 27.5. The number of sulfonamides is 1. The van der Waals surface area contributed by atoms with Crippen LogP contribution in [0.3, 0.4) is 0 Å². The van der Waals surface area contributed by atoms with Crippen molar-refractivity contribution in [3.63, 3.8) is 0 Å². The van der Waals surface area contributed by atoms with Gasteiger partial charge in [0.1, 0.15) is 9.77 Å². The van der Waals surface area contributed by atoms with Gasteiger partial charge < -0.3 is 10.0 Å². The topological polar surface area (TPSA) is 86.7 Å². The molecule has 21 heavy (non-hydrogen) atoms. The summed E-state index contributed by atoms with van der Waals surface area (Å²) >= 11 is 0.935. The monoisotopic (exact) mass is 330 g/mol. The third-order valence-electron chi connectivity index (χ3n) is 4.26. The van der Waals surface area contributed by atoms with Crippen molar-refractivity contribution in [2.24, 2.45) is 0 Å². The highest BCUT2D eigenvalue weighted by molar-refractivity contribution is 7.89. The van der Waals surface area contributed by atoms with Crippen LogP contribution in [0.4, 0.5) is 0 Å². The molecule has 2 saturated heterocycles. The molecule has 0 aromatic carbocycles. The van der Waals surface area contributed by atoms with Crippen LogP contribution in [0, 0.1) is 0 Å². The van der Waals surface area contributed by atoms with E-state index >= 15 is 0 Å². The summed E-state index contributed by atoms with van der Waals surface area (Å²) in [6.07, 6.45) is 3.89. The van der Waals surface area contributed by atoms with Gasteiger partial charge in [0.2, 0.25) is 10.0 Å². The first-order valence-corrected chi connectivity index (χ1v) is 9.41. The highest BCUT2D eigenvalue weighted by atomic mass is 32.2. The van der Waals surface area contributed by atoms with Gasteiger partial charge in [0.15, 0.2) is 0 Å². The minimum atomic E-state index is -3.76. The molecule has 6 nitrogen and oxygen atoms in total. The van der Waals surface area contributed by atoms with Crippen molar-refractivity contribution < 1.29 is 18.3 Å². The fraction of sp³-hybridized carbons (Fsp3) is 0.615. The van der Waals surface area contributed by atoms with E-state index in [0.29, 0.717) is 6.04 Å². The molecule has 2 unspecified atom stereocenters. The maximum atomic E-state index is 12.4. The van der Waals surface area contributed by atoms with Crippen LogP contribution in [0.2, 0.25) is 0 Å². The van der Waals surface area contributed by atoms with Crippen LogP contribution in [0.5, 0.6) is 0 Å². The van der Waals surface area contributed by atoms with E-state index in [1.54, 1.807) is 0 Å². The molecule has 3 heterocycles. The number of hydrogen-bond donors (Lipinski definition) is 2. The lowest BCUT2D eigenvalue weighted by atomic mass is 9.99. The number of carbonyl (C=O) groups is 1. The Kier molecular flexibility index (Phi) is 4.04. The van der Waals surface area contributed by atoms with Gasteiger partial charge in [0, 0.05) is 12.1 Å². The lowest BCUT2D eigenvalue weighted by Gasteiger charge is -2.34. The molecule has 3 rings (SSSR count). The number of hydrogen-bond acceptors (Lipinski definition) is 5. The van der Waals surface area contributed by atoms with Crippen molar-refractivity contribution in [2.75, 3.05) is 13.1 Å². The standard InChI is InChI=1S/C13H18N2O4S2/c16-13(17)12-11(4-7-20-12)21(18,19)14-9-3-6-15-5-1-2-10(15)8-9/h4,7,9-10,14H,1-3,5-6,8H2,(H,16,17). The third kappa shape index (κ3) is 2.98. The highest BCUT2D eigenvalue weighted by Gasteiger charge is 2.34. The molecule has 0 aliphatic carbocycles. The summed E-state index contributed by atoms with van der Waals surface area (Å²) in [5, 5.41) is 10.6. The predicted octanol–water partition coefficient (Wildman–Crippen LogP) is 1.35. The molecular weight excluding hydrogens is 312 g/mol. The summed E-state index contributed by atoms with van der Waals surface area (Å²) in [6.45, 7) is 2.02.